The van der Waals surface area contributed by atoms with E-state index in [-0.39, 0.29) is 5.91 Å². The molecule has 0 aliphatic carbocycles. The van der Waals surface area contributed by atoms with Gasteiger partial charge in [0.15, 0.2) is 6.10 Å². The van der Waals surface area contributed by atoms with Gasteiger partial charge < -0.3 is 14.8 Å². The van der Waals surface area contributed by atoms with Crippen LogP contribution in [0, 0.1) is 0 Å². The van der Waals surface area contributed by atoms with Gasteiger partial charge in [0, 0.05) is 10.6 Å². The molecule has 0 aliphatic rings. The van der Waals surface area contributed by atoms with Gasteiger partial charge in [-0.25, -0.2) is 0 Å². The summed E-state index contributed by atoms with van der Waals surface area (Å²) in [6.45, 7) is 1.72. The van der Waals surface area contributed by atoms with Crippen LogP contribution < -0.4 is 14.8 Å². The minimum Gasteiger partial charge on any atom is -0.497 e. The van der Waals surface area contributed by atoms with Crippen molar-refractivity contribution < 1.29 is 14.3 Å². The lowest BCUT2D eigenvalue weighted by molar-refractivity contribution is -0.122. The third kappa shape index (κ3) is 4.43. The third-order valence-electron chi connectivity index (χ3n) is 3.08. The first-order valence-corrected chi connectivity index (χ1v) is 8.10. The van der Waals surface area contributed by atoms with E-state index < -0.39 is 6.10 Å². The Morgan fingerprint density at radius 3 is 2.45 bits per heavy atom. The molecule has 4 nitrogen and oxygen atoms in total. The van der Waals surface area contributed by atoms with Crippen molar-refractivity contribution in [3.05, 3.63) is 48.5 Å². The van der Waals surface area contributed by atoms with Crippen LogP contribution in [-0.2, 0) is 4.79 Å². The molecular weight excluding hydrogens is 298 g/mol. The first-order valence-electron chi connectivity index (χ1n) is 6.88. The normalized spacial score (nSPS) is 11.6. The average Bonchev–Trinajstić information content (AvgIpc) is 2.55. The Labute approximate surface area is 134 Å². The maximum atomic E-state index is 12.2. The van der Waals surface area contributed by atoms with Gasteiger partial charge in [-0.1, -0.05) is 6.07 Å². The second-order valence-corrected chi connectivity index (χ2v) is 5.54. The molecule has 0 fully saturated rings. The molecule has 5 heteroatoms. The lowest BCUT2D eigenvalue weighted by atomic mass is 10.3. The molecule has 0 bridgehead atoms. The number of anilines is 1. The van der Waals surface area contributed by atoms with Gasteiger partial charge in [0.1, 0.15) is 11.5 Å². The summed E-state index contributed by atoms with van der Waals surface area (Å²) >= 11 is 1.63. The molecule has 0 radical (unpaired) electrons. The largest absolute Gasteiger partial charge is 0.497 e. The van der Waals surface area contributed by atoms with Crippen molar-refractivity contribution in [1.82, 2.24) is 0 Å². The molecule has 1 amide bonds. The van der Waals surface area contributed by atoms with E-state index in [0.717, 1.165) is 16.3 Å². The Morgan fingerprint density at radius 2 is 1.82 bits per heavy atom. The van der Waals surface area contributed by atoms with Crippen LogP contribution in [0.5, 0.6) is 11.5 Å². The summed E-state index contributed by atoms with van der Waals surface area (Å²) in [6.07, 6.45) is 1.41. The smallest absolute Gasteiger partial charge is 0.265 e. The zero-order chi connectivity index (χ0) is 15.9. The van der Waals surface area contributed by atoms with Crippen LogP contribution in [0.4, 0.5) is 5.69 Å². The minimum atomic E-state index is -0.591. The summed E-state index contributed by atoms with van der Waals surface area (Å²) in [5, 5.41) is 2.86. The fourth-order valence-corrected chi connectivity index (χ4v) is 2.32. The number of rotatable bonds is 6. The van der Waals surface area contributed by atoms with E-state index in [1.165, 1.54) is 0 Å². The van der Waals surface area contributed by atoms with Crippen molar-refractivity contribution in [3.8, 4) is 11.5 Å². The molecule has 0 unspecified atom stereocenters. The second-order valence-electron chi connectivity index (χ2n) is 4.66. The van der Waals surface area contributed by atoms with Crippen molar-refractivity contribution in [1.29, 1.82) is 0 Å². The Morgan fingerprint density at radius 1 is 1.14 bits per heavy atom. The summed E-state index contributed by atoms with van der Waals surface area (Å²) in [5.41, 5.74) is 0.766. The van der Waals surface area contributed by atoms with E-state index in [0.29, 0.717) is 5.75 Å². The van der Waals surface area contributed by atoms with E-state index in [1.807, 2.05) is 30.5 Å². The molecule has 0 aromatic heterocycles. The maximum absolute atomic E-state index is 12.2. The number of ether oxygens (including phenoxy) is 2. The van der Waals surface area contributed by atoms with Crippen LogP contribution in [-0.4, -0.2) is 25.4 Å². The summed E-state index contributed by atoms with van der Waals surface area (Å²) in [6, 6.07) is 14.8. The van der Waals surface area contributed by atoms with Crippen molar-refractivity contribution in [2.24, 2.45) is 0 Å². The highest BCUT2D eigenvalue weighted by atomic mass is 32.2. The van der Waals surface area contributed by atoms with Crippen LogP contribution in [0.15, 0.2) is 53.4 Å². The number of amides is 1. The Hall–Kier alpha value is -2.14. The van der Waals surface area contributed by atoms with Crippen molar-refractivity contribution >= 4 is 23.4 Å². The molecule has 0 aliphatic heterocycles. The first-order chi connectivity index (χ1) is 10.6. The highest BCUT2D eigenvalue weighted by molar-refractivity contribution is 7.98. The van der Waals surface area contributed by atoms with E-state index >= 15 is 0 Å². The summed E-state index contributed by atoms with van der Waals surface area (Å²) in [5.74, 6) is 1.19. The molecule has 22 heavy (non-hydrogen) atoms. The first kappa shape index (κ1) is 16.2. The maximum Gasteiger partial charge on any atom is 0.265 e. The van der Waals surface area contributed by atoms with Gasteiger partial charge in [0.2, 0.25) is 0 Å². The number of methoxy groups -OCH3 is 1. The standard InChI is InChI=1S/C17H19NO3S/c1-12(21-15-9-7-14(20-2)8-10-15)17(19)18-13-5-4-6-16(11-13)22-3/h4-12H,1-3H3,(H,18,19)/t12-/m1/s1. The molecule has 1 N–H and O–H groups in total. The average molecular weight is 317 g/mol. The third-order valence-corrected chi connectivity index (χ3v) is 3.80. The lowest BCUT2D eigenvalue weighted by Gasteiger charge is -2.15. The van der Waals surface area contributed by atoms with Gasteiger partial charge in [-0.3, -0.25) is 4.79 Å². The predicted molar refractivity (Wildman–Crippen MR) is 89.9 cm³/mol. The van der Waals surface area contributed by atoms with Gasteiger partial charge in [0.25, 0.3) is 5.91 Å². The number of benzene rings is 2. The van der Waals surface area contributed by atoms with Gasteiger partial charge in [-0.2, -0.15) is 0 Å². The summed E-state index contributed by atoms with van der Waals surface area (Å²) in [7, 11) is 1.61. The lowest BCUT2D eigenvalue weighted by Crippen LogP contribution is -2.30. The molecule has 2 aromatic carbocycles. The zero-order valence-corrected chi connectivity index (χ0v) is 13.6. The van der Waals surface area contributed by atoms with Crippen LogP contribution in [0.2, 0.25) is 0 Å². The Bertz CT molecular complexity index is 628. The van der Waals surface area contributed by atoms with E-state index in [9.17, 15) is 4.79 Å². The molecule has 0 saturated heterocycles. The van der Waals surface area contributed by atoms with Crippen molar-refractivity contribution in [2.45, 2.75) is 17.9 Å². The highest BCUT2D eigenvalue weighted by Crippen LogP contribution is 2.20. The second kappa shape index (κ2) is 7.75. The predicted octanol–water partition coefficient (Wildman–Crippen LogP) is 3.82. The minimum absolute atomic E-state index is 0.186. The number of carbonyl (C=O) groups is 1. The molecule has 0 spiro atoms. The molecule has 2 rings (SSSR count). The Kier molecular flexibility index (Phi) is 5.72. The summed E-state index contributed by atoms with van der Waals surface area (Å²) < 4.78 is 10.7. The van der Waals surface area contributed by atoms with Gasteiger partial charge in [0.05, 0.1) is 7.11 Å². The number of hydrogen-bond donors (Lipinski definition) is 1. The molecule has 1 atom stereocenters. The van der Waals surface area contributed by atoms with E-state index in [4.69, 9.17) is 9.47 Å². The fraction of sp³-hybridized carbons (Fsp3) is 0.235. The van der Waals surface area contributed by atoms with Crippen LogP contribution in [0.1, 0.15) is 6.92 Å². The van der Waals surface area contributed by atoms with Crippen LogP contribution in [0.25, 0.3) is 0 Å². The molecular formula is C17H19NO3S. The number of thioether (sulfide) groups is 1. The number of hydrogen-bond acceptors (Lipinski definition) is 4. The van der Waals surface area contributed by atoms with Crippen molar-refractivity contribution in [2.75, 3.05) is 18.7 Å². The quantitative estimate of drug-likeness (QED) is 0.823. The van der Waals surface area contributed by atoms with E-state index in [1.54, 1.807) is 50.1 Å². The highest BCUT2D eigenvalue weighted by Gasteiger charge is 2.15. The van der Waals surface area contributed by atoms with E-state index in [2.05, 4.69) is 5.32 Å². The molecule has 0 heterocycles. The SMILES string of the molecule is COc1ccc(O[C@H](C)C(=O)Nc2cccc(SC)c2)cc1. The van der Waals surface area contributed by atoms with Crippen LogP contribution in [0.3, 0.4) is 0 Å². The monoisotopic (exact) mass is 317 g/mol. The van der Waals surface area contributed by atoms with Crippen LogP contribution >= 0.6 is 11.8 Å². The Balaban J connectivity index is 1.96. The van der Waals surface area contributed by atoms with Gasteiger partial charge in [-0.05, 0) is 55.6 Å². The topological polar surface area (TPSA) is 47.6 Å². The fourth-order valence-electron chi connectivity index (χ4n) is 1.86. The van der Waals surface area contributed by atoms with Gasteiger partial charge >= 0.3 is 0 Å². The van der Waals surface area contributed by atoms with Crippen molar-refractivity contribution in [3.63, 3.8) is 0 Å². The molecule has 116 valence electrons. The molecule has 0 saturated carbocycles. The molecule has 2 aromatic rings. The van der Waals surface area contributed by atoms with Gasteiger partial charge in [-0.15, -0.1) is 11.8 Å². The zero-order valence-electron chi connectivity index (χ0n) is 12.8. The number of carbonyl (C=O) groups excluding carboxylic acids is 1. The summed E-state index contributed by atoms with van der Waals surface area (Å²) in [4.78, 5) is 13.3. The number of nitrogens with one attached hydrogen (secondary N) is 1.